The van der Waals surface area contributed by atoms with Crippen LogP contribution in [0.5, 0.6) is 5.75 Å². The number of aryl methyl sites for hydroxylation is 2. The zero-order valence-electron chi connectivity index (χ0n) is 17.1. The fourth-order valence-electron chi connectivity index (χ4n) is 3.36. The van der Waals surface area contributed by atoms with Crippen molar-refractivity contribution in [1.82, 2.24) is 9.55 Å². The van der Waals surface area contributed by atoms with E-state index in [1.807, 2.05) is 30.3 Å². The molecule has 3 nitrogen and oxygen atoms in total. The predicted octanol–water partition coefficient (Wildman–Crippen LogP) is 7.15. The maximum Gasteiger partial charge on any atom is 0.120 e. The molecule has 0 N–H and O–H groups in total. The van der Waals surface area contributed by atoms with Crippen molar-refractivity contribution in [3.63, 3.8) is 0 Å². The van der Waals surface area contributed by atoms with E-state index in [0.717, 1.165) is 53.9 Å². The average Bonchev–Trinajstić information content (AvgIpc) is 3.12. The Bertz CT molecular complexity index is 1090. The molecule has 5 heteroatoms. The molecular formula is C25H25ClN2OS. The second-order valence-corrected chi connectivity index (χ2v) is 8.76. The van der Waals surface area contributed by atoms with Crippen LogP contribution in [0.2, 0.25) is 5.02 Å². The third kappa shape index (κ3) is 5.38. The van der Waals surface area contributed by atoms with Crippen LogP contribution < -0.4 is 4.74 Å². The molecular weight excluding hydrogens is 412 g/mol. The van der Waals surface area contributed by atoms with E-state index in [4.69, 9.17) is 21.3 Å². The molecule has 0 amide bonds. The Kier molecular flexibility index (Phi) is 6.98. The van der Waals surface area contributed by atoms with Gasteiger partial charge in [-0.3, -0.25) is 0 Å². The van der Waals surface area contributed by atoms with Crippen molar-refractivity contribution in [2.24, 2.45) is 0 Å². The Balaban J connectivity index is 1.37. The molecule has 3 aromatic carbocycles. The summed E-state index contributed by atoms with van der Waals surface area (Å²) in [4.78, 5) is 6.08. The summed E-state index contributed by atoms with van der Waals surface area (Å²) in [5, 5.41) is 0.763. The second-order valence-electron chi connectivity index (χ2n) is 7.28. The van der Waals surface area contributed by atoms with Gasteiger partial charge in [0, 0.05) is 16.5 Å². The lowest BCUT2D eigenvalue weighted by atomic mass is 10.2. The van der Waals surface area contributed by atoms with Gasteiger partial charge in [0.1, 0.15) is 11.6 Å². The second kappa shape index (κ2) is 10.1. The molecule has 0 radical (unpaired) electrons. The molecule has 0 aliphatic carbocycles. The molecule has 0 atom stereocenters. The molecule has 154 valence electrons. The third-order valence-electron chi connectivity index (χ3n) is 4.98. The number of thioether (sulfide) groups is 1. The predicted molar refractivity (Wildman–Crippen MR) is 127 cm³/mol. The maximum atomic E-state index is 6.00. The molecule has 0 spiro atoms. The van der Waals surface area contributed by atoms with Crippen LogP contribution in [0.3, 0.4) is 0 Å². The van der Waals surface area contributed by atoms with Crippen LogP contribution in [0.15, 0.2) is 77.7 Å². The minimum atomic E-state index is 0.727. The summed E-state index contributed by atoms with van der Waals surface area (Å²) >= 11 is 7.79. The molecule has 0 fully saturated rings. The number of hydrogen-bond donors (Lipinski definition) is 0. The first-order valence-electron chi connectivity index (χ1n) is 10.2. The van der Waals surface area contributed by atoms with E-state index in [0.29, 0.717) is 0 Å². The van der Waals surface area contributed by atoms with Crippen molar-refractivity contribution in [2.75, 3.05) is 6.61 Å². The van der Waals surface area contributed by atoms with Gasteiger partial charge in [-0.05, 0) is 68.3 Å². The number of imidazole rings is 1. The van der Waals surface area contributed by atoms with Crippen LogP contribution in [-0.2, 0) is 12.3 Å². The zero-order valence-corrected chi connectivity index (χ0v) is 18.6. The first-order chi connectivity index (χ1) is 14.7. The molecule has 0 unspecified atom stereocenters. The minimum Gasteiger partial charge on any atom is -0.494 e. The summed E-state index contributed by atoms with van der Waals surface area (Å²) in [5.74, 6) is 2.88. The van der Waals surface area contributed by atoms with Gasteiger partial charge in [0.25, 0.3) is 0 Å². The number of nitrogens with zero attached hydrogens (tertiary/aromatic N) is 2. The summed E-state index contributed by atoms with van der Waals surface area (Å²) in [7, 11) is 0. The number of benzene rings is 3. The van der Waals surface area contributed by atoms with Gasteiger partial charge in [-0.25, -0.2) is 4.98 Å². The number of para-hydroxylation sites is 2. The van der Waals surface area contributed by atoms with E-state index < -0.39 is 0 Å². The maximum absolute atomic E-state index is 6.00. The normalized spacial score (nSPS) is 11.1. The van der Waals surface area contributed by atoms with E-state index in [-0.39, 0.29) is 0 Å². The summed E-state index contributed by atoms with van der Waals surface area (Å²) in [6.45, 7) is 3.75. The van der Waals surface area contributed by atoms with Crippen LogP contribution in [0.1, 0.15) is 24.2 Å². The highest BCUT2D eigenvalue weighted by Crippen LogP contribution is 2.26. The topological polar surface area (TPSA) is 27.1 Å². The fourth-order valence-corrected chi connectivity index (χ4v) is 4.33. The molecule has 4 aromatic rings. The molecule has 1 aromatic heterocycles. The smallest absolute Gasteiger partial charge is 0.120 e. The standard InChI is InChI=1S/C25H25ClN2OS/c1-19-8-12-21(13-9-19)29-17-5-4-16-28-24-7-3-2-6-23(24)27-25(28)18-30-22-14-10-20(26)11-15-22/h2-3,6-15H,4-5,16-18H2,1H3. The Hall–Kier alpha value is -2.43. The summed E-state index contributed by atoms with van der Waals surface area (Å²) in [5.41, 5.74) is 3.50. The fraction of sp³-hybridized carbons (Fsp3) is 0.240. The van der Waals surface area contributed by atoms with Crippen LogP contribution in [0.25, 0.3) is 11.0 Å². The van der Waals surface area contributed by atoms with Gasteiger partial charge in [-0.1, -0.05) is 41.4 Å². The number of fused-ring (bicyclic) bond motifs is 1. The van der Waals surface area contributed by atoms with Crippen molar-refractivity contribution >= 4 is 34.4 Å². The largest absolute Gasteiger partial charge is 0.494 e. The first-order valence-corrected chi connectivity index (χ1v) is 11.6. The Morgan fingerprint density at radius 1 is 0.933 bits per heavy atom. The average molecular weight is 437 g/mol. The van der Waals surface area contributed by atoms with Crippen molar-refractivity contribution in [1.29, 1.82) is 0 Å². The molecule has 0 aliphatic rings. The lowest BCUT2D eigenvalue weighted by molar-refractivity contribution is 0.303. The quantitative estimate of drug-likeness (QED) is 0.206. The van der Waals surface area contributed by atoms with E-state index in [2.05, 4.69) is 54.0 Å². The van der Waals surface area contributed by atoms with Gasteiger partial charge in [0.15, 0.2) is 0 Å². The van der Waals surface area contributed by atoms with E-state index in [1.54, 1.807) is 11.8 Å². The van der Waals surface area contributed by atoms with Gasteiger partial charge in [-0.15, -0.1) is 11.8 Å². The van der Waals surface area contributed by atoms with Crippen molar-refractivity contribution < 1.29 is 4.74 Å². The van der Waals surface area contributed by atoms with Gasteiger partial charge in [0.2, 0.25) is 0 Å². The Labute approximate surface area is 187 Å². The molecule has 30 heavy (non-hydrogen) atoms. The number of ether oxygens (including phenoxy) is 1. The van der Waals surface area contributed by atoms with Crippen molar-refractivity contribution in [3.05, 3.63) is 89.2 Å². The van der Waals surface area contributed by atoms with Crippen LogP contribution >= 0.6 is 23.4 Å². The van der Waals surface area contributed by atoms with Crippen LogP contribution in [0, 0.1) is 6.92 Å². The van der Waals surface area contributed by atoms with E-state index in [1.165, 1.54) is 16.0 Å². The number of unbranched alkanes of at least 4 members (excludes halogenated alkanes) is 1. The highest BCUT2D eigenvalue weighted by atomic mass is 35.5. The molecule has 1 heterocycles. The SMILES string of the molecule is Cc1ccc(OCCCCn2c(CSc3ccc(Cl)cc3)nc3ccccc32)cc1. The van der Waals surface area contributed by atoms with Gasteiger partial charge < -0.3 is 9.30 Å². The summed E-state index contributed by atoms with van der Waals surface area (Å²) in [6, 6.07) is 24.6. The molecule has 4 rings (SSSR count). The highest BCUT2D eigenvalue weighted by molar-refractivity contribution is 7.98. The molecule has 0 bridgehead atoms. The number of rotatable bonds is 9. The number of halogens is 1. The van der Waals surface area contributed by atoms with Crippen molar-refractivity contribution in [3.8, 4) is 5.75 Å². The molecule has 0 saturated carbocycles. The number of hydrogen-bond acceptors (Lipinski definition) is 3. The monoisotopic (exact) mass is 436 g/mol. The van der Waals surface area contributed by atoms with Crippen LogP contribution in [0.4, 0.5) is 0 Å². The van der Waals surface area contributed by atoms with Crippen molar-refractivity contribution in [2.45, 2.75) is 37.0 Å². The highest BCUT2D eigenvalue weighted by Gasteiger charge is 2.11. The van der Waals surface area contributed by atoms with Gasteiger partial charge in [0.05, 0.1) is 23.4 Å². The van der Waals surface area contributed by atoms with Gasteiger partial charge in [-0.2, -0.15) is 0 Å². The first kappa shape index (κ1) is 20.8. The number of aromatic nitrogens is 2. The zero-order chi connectivity index (χ0) is 20.8. The Morgan fingerprint density at radius 3 is 2.50 bits per heavy atom. The Morgan fingerprint density at radius 2 is 1.70 bits per heavy atom. The minimum absolute atomic E-state index is 0.727. The molecule has 0 aliphatic heterocycles. The van der Waals surface area contributed by atoms with Gasteiger partial charge >= 0.3 is 0 Å². The lowest BCUT2D eigenvalue weighted by Crippen LogP contribution is -2.05. The molecule has 0 saturated heterocycles. The third-order valence-corrected chi connectivity index (χ3v) is 6.24. The lowest BCUT2D eigenvalue weighted by Gasteiger charge is -2.10. The summed E-state index contributed by atoms with van der Waals surface area (Å²) < 4.78 is 8.22. The van der Waals surface area contributed by atoms with Crippen LogP contribution in [-0.4, -0.2) is 16.2 Å². The summed E-state index contributed by atoms with van der Waals surface area (Å²) in [6.07, 6.45) is 2.05. The van der Waals surface area contributed by atoms with E-state index >= 15 is 0 Å². The van der Waals surface area contributed by atoms with E-state index in [9.17, 15) is 0 Å².